The molecule has 0 spiro atoms. The van der Waals surface area contributed by atoms with Crippen LogP contribution in [0.15, 0.2) is 173 Å². The van der Waals surface area contributed by atoms with E-state index in [0.717, 1.165) is 82.8 Å². The van der Waals surface area contributed by atoms with E-state index >= 15 is 0 Å². The van der Waals surface area contributed by atoms with Gasteiger partial charge in [-0.05, 0) is 35.4 Å². The molecule has 5 heteroatoms. The van der Waals surface area contributed by atoms with E-state index in [-0.39, 0.29) is 0 Å². The van der Waals surface area contributed by atoms with Gasteiger partial charge in [-0.3, -0.25) is 0 Å². The molecule has 234 valence electrons. The first-order valence-corrected chi connectivity index (χ1v) is 16.6. The molecular formula is C45H27N3O2. The third kappa shape index (κ3) is 4.60. The highest BCUT2D eigenvalue weighted by atomic mass is 16.3. The molecule has 7 aromatic carbocycles. The van der Waals surface area contributed by atoms with Gasteiger partial charge >= 0.3 is 0 Å². The van der Waals surface area contributed by atoms with E-state index in [1.165, 1.54) is 0 Å². The predicted molar refractivity (Wildman–Crippen MR) is 202 cm³/mol. The zero-order chi connectivity index (χ0) is 33.0. The lowest BCUT2D eigenvalue weighted by atomic mass is 9.88. The Morgan fingerprint density at radius 3 is 1.56 bits per heavy atom. The fourth-order valence-corrected chi connectivity index (χ4v) is 7.04. The minimum absolute atomic E-state index is 0.587. The number of furan rings is 2. The normalized spacial score (nSPS) is 11.6. The van der Waals surface area contributed by atoms with Gasteiger partial charge in [0.15, 0.2) is 17.5 Å². The van der Waals surface area contributed by atoms with Crippen molar-refractivity contribution in [2.24, 2.45) is 0 Å². The highest BCUT2D eigenvalue weighted by Gasteiger charge is 2.22. The minimum Gasteiger partial charge on any atom is -0.456 e. The van der Waals surface area contributed by atoms with E-state index < -0.39 is 0 Å². The highest BCUT2D eigenvalue weighted by Crippen LogP contribution is 2.45. The molecule has 3 aromatic heterocycles. The topological polar surface area (TPSA) is 65.0 Å². The van der Waals surface area contributed by atoms with Crippen LogP contribution in [0, 0.1) is 0 Å². The van der Waals surface area contributed by atoms with Gasteiger partial charge in [0, 0.05) is 49.4 Å². The molecule has 3 heterocycles. The molecule has 0 unspecified atom stereocenters. The first kappa shape index (κ1) is 28.2. The third-order valence-electron chi connectivity index (χ3n) is 9.36. The first-order valence-electron chi connectivity index (χ1n) is 16.6. The van der Waals surface area contributed by atoms with Crippen LogP contribution in [-0.2, 0) is 0 Å². The number of nitrogens with zero attached hydrogens (tertiary/aromatic N) is 3. The lowest BCUT2D eigenvalue weighted by Crippen LogP contribution is -2.01. The van der Waals surface area contributed by atoms with Gasteiger partial charge < -0.3 is 8.83 Å². The Balaban J connectivity index is 1.29. The fourth-order valence-electron chi connectivity index (χ4n) is 7.04. The summed E-state index contributed by atoms with van der Waals surface area (Å²) in [5.41, 5.74) is 10.2. The quantitative estimate of drug-likeness (QED) is 0.187. The highest BCUT2D eigenvalue weighted by molar-refractivity contribution is 6.12. The van der Waals surface area contributed by atoms with Crippen LogP contribution < -0.4 is 0 Å². The molecule has 0 fully saturated rings. The van der Waals surface area contributed by atoms with Gasteiger partial charge in [-0.25, -0.2) is 15.0 Å². The van der Waals surface area contributed by atoms with Gasteiger partial charge in [0.1, 0.15) is 22.3 Å². The maximum absolute atomic E-state index is 6.59. The standard InChI is InChI=1S/C45H27N3O2/c1-3-13-28(14-4-1)43-46-44(29-15-5-2-6-16-29)48-45(47-43)36-22-11-19-33(35-21-12-20-34-31-17-7-10-24-39(31)50-42(34)35)41(36)30-25-26-40-37(27-30)32-18-8-9-23-38(32)49-40/h1-27H. The largest absolute Gasteiger partial charge is 0.456 e. The van der Waals surface area contributed by atoms with Crippen LogP contribution in [0.2, 0.25) is 0 Å². The summed E-state index contributed by atoms with van der Waals surface area (Å²) in [6, 6.07) is 55.6. The molecular weight excluding hydrogens is 615 g/mol. The third-order valence-corrected chi connectivity index (χ3v) is 9.36. The van der Waals surface area contributed by atoms with Crippen molar-refractivity contribution in [2.75, 3.05) is 0 Å². The maximum Gasteiger partial charge on any atom is 0.164 e. The van der Waals surface area contributed by atoms with E-state index in [1.54, 1.807) is 0 Å². The Hall–Kier alpha value is -6.85. The van der Waals surface area contributed by atoms with E-state index in [1.807, 2.05) is 91.0 Å². The summed E-state index contributed by atoms with van der Waals surface area (Å²) >= 11 is 0. The second kappa shape index (κ2) is 11.4. The second-order valence-corrected chi connectivity index (χ2v) is 12.4. The number of hydrogen-bond donors (Lipinski definition) is 0. The molecule has 0 aliphatic rings. The lowest BCUT2D eigenvalue weighted by Gasteiger charge is -2.17. The average Bonchev–Trinajstić information content (AvgIpc) is 3.76. The molecule has 0 saturated carbocycles. The molecule has 50 heavy (non-hydrogen) atoms. The van der Waals surface area contributed by atoms with Gasteiger partial charge in [-0.15, -0.1) is 0 Å². The average molecular weight is 642 g/mol. The summed E-state index contributed by atoms with van der Waals surface area (Å²) in [6.45, 7) is 0. The van der Waals surface area contributed by atoms with Gasteiger partial charge in [-0.1, -0.05) is 140 Å². The Morgan fingerprint density at radius 2 is 0.840 bits per heavy atom. The van der Waals surface area contributed by atoms with Crippen LogP contribution in [0.25, 0.3) is 100 Å². The van der Waals surface area contributed by atoms with Crippen molar-refractivity contribution in [1.29, 1.82) is 0 Å². The number of aromatic nitrogens is 3. The Bertz CT molecular complexity index is 2810. The van der Waals surface area contributed by atoms with E-state index in [9.17, 15) is 0 Å². The van der Waals surface area contributed by atoms with Crippen molar-refractivity contribution in [3.63, 3.8) is 0 Å². The molecule has 0 saturated heterocycles. The fraction of sp³-hybridized carbons (Fsp3) is 0. The van der Waals surface area contributed by atoms with Crippen LogP contribution in [0.1, 0.15) is 0 Å². The van der Waals surface area contributed by atoms with Gasteiger partial charge in [0.25, 0.3) is 0 Å². The maximum atomic E-state index is 6.59. The van der Waals surface area contributed by atoms with Crippen molar-refractivity contribution in [3.8, 4) is 56.4 Å². The van der Waals surface area contributed by atoms with Crippen molar-refractivity contribution < 1.29 is 8.83 Å². The molecule has 0 aliphatic heterocycles. The number of benzene rings is 7. The Labute approximate surface area is 287 Å². The number of para-hydroxylation sites is 3. The molecule has 10 rings (SSSR count). The molecule has 0 radical (unpaired) electrons. The van der Waals surface area contributed by atoms with Crippen LogP contribution in [-0.4, -0.2) is 15.0 Å². The molecule has 10 aromatic rings. The zero-order valence-electron chi connectivity index (χ0n) is 26.7. The zero-order valence-corrected chi connectivity index (χ0v) is 26.7. The molecule has 0 aliphatic carbocycles. The molecule has 0 atom stereocenters. The summed E-state index contributed by atoms with van der Waals surface area (Å²) in [7, 11) is 0. The van der Waals surface area contributed by atoms with Crippen LogP contribution in [0.3, 0.4) is 0 Å². The first-order chi connectivity index (χ1) is 24.8. The van der Waals surface area contributed by atoms with Gasteiger partial charge in [0.2, 0.25) is 0 Å². The number of fused-ring (bicyclic) bond motifs is 6. The smallest absolute Gasteiger partial charge is 0.164 e. The van der Waals surface area contributed by atoms with E-state index in [0.29, 0.717) is 17.5 Å². The summed E-state index contributed by atoms with van der Waals surface area (Å²) in [4.78, 5) is 15.3. The second-order valence-electron chi connectivity index (χ2n) is 12.4. The Kier molecular flexibility index (Phi) is 6.42. The van der Waals surface area contributed by atoms with Gasteiger partial charge in [0.05, 0.1) is 0 Å². The molecule has 0 amide bonds. The Morgan fingerprint density at radius 1 is 0.320 bits per heavy atom. The van der Waals surface area contributed by atoms with Crippen LogP contribution in [0.5, 0.6) is 0 Å². The lowest BCUT2D eigenvalue weighted by molar-refractivity contribution is 0.669. The number of rotatable bonds is 5. The molecule has 0 N–H and O–H groups in total. The van der Waals surface area contributed by atoms with Crippen molar-refractivity contribution in [2.45, 2.75) is 0 Å². The summed E-state index contributed by atoms with van der Waals surface area (Å²) in [6.07, 6.45) is 0. The predicted octanol–water partition coefficient (Wildman–Crippen LogP) is 12.0. The molecule has 0 bridgehead atoms. The molecule has 5 nitrogen and oxygen atoms in total. The monoisotopic (exact) mass is 641 g/mol. The minimum atomic E-state index is 0.587. The van der Waals surface area contributed by atoms with E-state index in [4.69, 9.17) is 23.8 Å². The van der Waals surface area contributed by atoms with Crippen molar-refractivity contribution in [1.82, 2.24) is 15.0 Å². The number of hydrogen-bond acceptors (Lipinski definition) is 5. The summed E-state index contributed by atoms with van der Waals surface area (Å²) < 4.78 is 12.8. The SMILES string of the molecule is c1ccc(-c2nc(-c3ccccc3)nc(-c3cccc(-c4cccc5c4oc4ccccc45)c3-c3ccc4oc5ccccc5c4c3)n2)cc1. The van der Waals surface area contributed by atoms with Crippen molar-refractivity contribution in [3.05, 3.63) is 164 Å². The van der Waals surface area contributed by atoms with Gasteiger partial charge in [-0.2, -0.15) is 0 Å². The summed E-state index contributed by atoms with van der Waals surface area (Å²) in [5.74, 6) is 1.81. The van der Waals surface area contributed by atoms with E-state index in [2.05, 4.69) is 72.8 Å². The summed E-state index contributed by atoms with van der Waals surface area (Å²) in [5, 5.41) is 4.28. The van der Waals surface area contributed by atoms with Crippen LogP contribution in [0.4, 0.5) is 0 Å². The van der Waals surface area contributed by atoms with Crippen LogP contribution >= 0.6 is 0 Å². The van der Waals surface area contributed by atoms with Crippen molar-refractivity contribution >= 4 is 43.9 Å².